The maximum atomic E-state index is 12.6. The molecular formula is C28H26F3N3O4S. The van der Waals surface area contributed by atoms with Gasteiger partial charge in [0.25, 0.3) is 5.91 Å². The molecule has 1 aliphatic carbocycles. The molecule has 2 aromatic heterocycles. The minimum Gasteiger partial charge on any atom is -0.481 e. The van der Waals surface area contributed by atoms with E-state index in [0.29, 0.717) is 16.4 Å². The van der Waals surface area contributed by atoms with Crippen LogP contribution in [0.25, 0.3) is 15.4 Å². The van der Waals surface area contributed by atoms with Gasteiger partial charge in [-0.2, -0.15) is 0 Å². The average molecular weight is 558 g/mol. The van der Waals surface area contributed by atoms with E-state index in [1.165, 1.54) is 35.1 Å². The second kappa shape index (κ2) is 11.1. The summed E-state index contributed by atoms with van der Waals surface area (Å²) in [5.41, 5.74) is 2.98. The molecule has 2 aromatic carbocycles. The molecule has 1 saturated carbocycles. The molecule has 4 aromatic rings. The van der Waals surface area contributed by atoms with Crippen LogP contribution in [0.2, 0.25) is 0 Å². The average Bonchev–Trinajstić information content (AvgIpc) is 3.47. The molecule has 2 heterocycles. The molecule has 1 amide bonds. The summed E-state index contributed by atoms with van der Waals surface area (Å²) in [6.45, 7) is 0.0257. The van der Waals surface area contributed by atoms with E-state index in [4.69, 9.17) is 5.11 Å². The number of carbonyl (C=O) groups excluding carboxylic acids is 1. The third-order valence-electron chi connectivity index (χ3n) is 6.95. The minimum atomic E-state index is -4.78. The first-order chi connectivity index (χ1) is 18.6. The zero-order valence-electron chi connectivity index (χ0n) is 20.8. The molecule has 0 spiro atoms. The van der Waals surface area contributed by atoms with Crippen LogP contribution in [0.5, 0.6) is 5.75 Å². The number of amides is 1. The van der Waals surface area contributed by atoms with Gasteiger partial charge in [0.15, 0.2) is 4.96 Å². The predicted molar refractivity (Wildman–Crippen MR) is 140 cm³/mol. The van der Waals surface area contributed by atoms with Gasteiger partial charge in [-0.1, -0.05) is 47.7 Å². The van der Waals surface area contributed by atoms with Gasteiger partial charge in [-0.15, -0.1) is 13.2 Å². The smallest absolute Gasteiger partial charge is 0.481 e. The van der Waals surface area contributed by atoms with E-state index in [9.17, 15) is 22.8 Å². The third-order valence-corrected chi connectivity index (χ3v) is 8.00. The summed E-state index contributed by atoms with van der Waals surface area (Å²) in [6, 6.07) is 13.9. The van der Waals surface area contributed by atoms with Gasteiger partial charge in [0.1, 0.15) is 11.4 Å². The van der Waals surface area contributed by atoms with Gasteiger partial charge >= 0.3 is 12.3 Å². The van der Waals surface area contributed by atoms with Gasteiger partial charge in [-0.3, -0.25) is 14.0 Å². The number of carboxylic acid groups (broad SMARTS) is 1. The molecule has 5 rings (SSSR count). The van der Waals surface area contributed by atoms with Crippen LogP contribution in [0.15, 0.2) is 60.9 Å². The number of alkyl halides is 3. The first-order valence-electron chi connectivity index (χ1n) is 12.6. The third kappa shape index (κ3) is 6.78. The Hall–Kier alpha value is -3.86. The maximum Gasteiger partial charge on any atom is 0.573 e. The standard InChI is InChI=1S/C28H26F3N3O4S/c29-28(30,31)38-22-3-1-2-18(12-22)14-32-26(37)23-15-34-16-24(39-27(34)33-23)21-10-8-20(9-11-21)19-6-4-17(5-7-19)13-25(35)36/h1-3,8-12,15-17,19H,4-7,13-14H2,(H,32,37)(H,35,36). The molecule has 2 N–H and O–H groups in total. The van der Waals surface area contributed by atoms with E-state index in [2.05, 4.69) is 39.3 Å². The highest BCUT2D eigenvalue weighted by molar-refractivity contribution is 7.20. The van der Waals surface area contributed by atoms with Crippen LogP contribution in [0.4, 0.5) is 13.2 Å². The summed E-state index contributed by atoms with van der Waals surface area (Å²) >= 11 is 1.45. The molecule has 0 saturated heterocycles. The molecule has 0 unspecified atom stereocenters. The number of fused-ring (bicyclic) bond motifs is 1. The summed E-state index contributed by atoms with van der Waals surface area (Å²) in [6.07, 6.45) is 2.89. The summed E-state index contributed by atoms with van der Waals surface area (Å²) < 4.78 is 43.0. The fraction of sp³-hybridized carbons (Fsp3) is 0.321. The van der Waals surface area contributed by atoms with E-state index < -0.39 is 18.2 Å². The molecule has 204 valence electrons. The summed E-state index contributed by atoms with van der Waals surface area (Å²) in [4.78, 5) is 29.6. The quantitative estimate of drug-likeness (QED) is 0.253. The van der Waals surface area contributed by atoms with Gasteiger partial charge in [0, 0.05) is 25.4 Å². The molecule has 0 radical (unpaired) electrons. The maximum absolute atomic E-state index is 12.6. The van der Waals surface area contributed by atoms with Crippen LogP contribution >= 0.6 is 11.3 Å². The minimum absolute atomic E-state index is 0.0257. The van der Waals surface area contributed by atoms with Crippen molar-refractivity contribution in [3.63, 3.8) is 0 Å². The summed E-state index contributed by atoms with van der Waals surface area (Å²) in [5, 5.41) is 11.7. The Morgan fingerprint density at radius 3 is 2.49 bits per heavy atom. The topological polar surface area (TPSA) is 92.9 Å². The first-order valence-corrected chi connectivity index (χ1v) is 13.4. The number of thiazole rings is 1. The zero-order valence-corrected chi connectivity index (χ0v) is 21.6. The summed E-state index contributed by atoms with van der Waals surface area (Å²) in [7, 11) is 0. The lowest BCUT2D eigenvalue weighted by Gasteiger charge is -2.28. The number of hydrogen-bond donors (Lipinski definition) is 2. The predicted octanol–water partition coefficient (Wildman–Crippen LogP) is 6.64. The van der Waals surface area contributed by atoms with Gasteiger partial charge < -0.3 is 15.2 Å². The van der Waals surface area contributed by atoms with Crippen LogP contribution in [0.3, 0.4) is 0 Å². The van der Waals surface area contributed by atoms with Crippen LogP contribution in [-0.2, 0) is 11.3 Å². The zero-order chi connectivity index (χ0) is 27.6. The number of benzene rings is 2. The molecule has 1 aliphatic rings. The second-order valence-electron chi connectivity index (χ2n) is 9.73. The number of carboxylic acids is 1. The van der Waals surface area contributed by atoms with Gasteiger partial charge in [0.05, 0.1) is 4.88 Å². The molecule has 39 heavy (non-hydrogen) atoms. The van der Waals surface area contributed by atoms with Crippen molar-refractivity contribution in [3.8, 4) is 16.2 Å². The molecular weight excluding hydrogens is 531 g/mol. The molecule has 7 nitrogen and oxygen atoms in total. The lowest BCUT2D eigenvalue weighted by Crippen LogP contribution is -2.23. The lowest BCUT2D eigenvalue weighted by atomic mass is 9.77. The van der Waals surface area contributed by atoms with Crippen molar-refractivity contribution >= 4 is 28.2 Å². The Balaban J connectivity index is 1.18. The van der Waals surface area contributed by atoms with E-state index in [1.807, 2.05) is 6.20 Å². The monoisotopic (exact) mass is 557 g/mol. The number of carbonyl (C=O) groups is 2. The Bertz CT molecular complexity index is 1440. The van der Waals surface area contributed by atoms with Crippen molar-refractivity contribution in [2.24, 2.45) is 5.92 Å². The van der Waals surface area contributed by atoms with Gasteiger partial charge in [-0.05, 0) is 66.3 Å². The van der Waals surface area contributed by atoms with Crippen LogP contribution in [0.1, 0.15) is 59.6 Å². The van der Waals surface area contributed by atoms with E-state index in [-0.39, 0.29) is 30.3 Å². The lowest BCUT2D eigenvalue weighted by molar-refractivity contribution is -0.274. The highest BCUT2D eigenvalue weighted by atomic mass is 32.1. The number of halogens is 3. The van der Waals surface area contributed by atoms with E-state index in [0.717, 1.165) is 36.1 Å². The van der Waals surface area contributed by atoms with E-state index in [1.54, 1.807) is 16.7 Å². The number of hydrogen-bond acceptors (Lipinski definition) is 5. The van der Waals surface area contributed by atoms with Crippen molar-refractivity contribution < 1.29 is 32.6 Å². The molecule has 0 atom stereocenters. The molecule has 1 fully saturated rings. The Morgan fingerprint density at radius 2 is 1.82 bits per heavy atom. The van der Waals surface area contributed by atoms with Gasteiger partial charge in [0.2, 0.25) is 0 Å². The van der Waals surface area contributed by atoms with Crippen LogP contribution < -0.4 is 10.1 Å². The molecule has 0 aliphatic heterocycles. The van der Waals surface area contributed by atoms with Crippen molar-refractivity contribution in [1.82, 2.24) is 14.7 Å². The first kappa shape index (κ1) is 26.7. The van der Waals surface area contributed by atoms with Crippen molar-refractivity contribution in [1.29, 1.82) is 0 Å². The Morgan fingerprint density at radius 1 is 1.08 bits per heavy atom. The summed E-state index contributed by atoms with van der Waals surface area (Å²) in [5.74, 6) is -0.777. The van der Waals surface area contributed by atoms with Crippen LogP contribution in [-0.4, -0.2) is 32.7 Å². The molecule has 0 bridgehead atoms. The largest absolute Gasteiger partial charge is 0.573 e. The van der Waals surface area contributed by atoms with E-state index >= 15 is 0 Å². The second-order valence-corrected chi connectivity index (χ2v) is 10.7. The van der Waals surface area contributed by atoms with Crippen LogP contribution in [0, 0.1) is 5.92 Å². The highest BCUT2D eigenvalue weighted by Gasteiger charge is 2.31. The fourth-order valence-corrected chi connectivity index (χ4v) is 6.00. The SMILES string of the molecule is O=C(O)CC1CCC(c2ccc(-c3cn4cc(C(=O)NCc5cccc(OC(F)(F)F)c5)nc4s3)cc2)CC1. The fourth-order valence-electron chi connectivity index (χ4n) is 5.03. The van der Waals surface area contributed by atoms with Crippen molar-refractivity contribution in [3.05, 3.63) is 77.7 Å². The number of nitrogens with zero attached hydrogens (tertiary/aromatic N) is 2. The number of aromatic nitrogens is 2. The van der Waals surface area contributed by atoms with Crippen molar-refractivity contribution in [2.45, 2.75) is 50.9 Å². The normalized spacial score (nSPS) is 17.7. The number of aliphatic carboxylic acids is 1. The van der Waals surface area contributed by atoms with Crippen molar-refractivity contribution in [2.75, 3.05) is 0 Å². The number of rotatable bonds is 8. The molecule has 11 heteroatoms. The number of ether oxygens (including phenoxy) is 1. The Kier molecular flexibility index (Phi) is 7.60. The number of nitrogens with one attached hydrogen (secondary N) is 1. The Labute approximate surface area is 226 Å². The number of imidazole rings is 1. The van der Waals surface area contributed by atoms with Gasteiger partial charge in [-0.25, -0.2) is 4.98 Å². The highest BCUT2D eigenvalue weighted by Crippen LogP contribution is 2.38.